The number of nitrogens with one attached hydrogen (secondary N) is 2. The average Bonchev–Trinajstić information content (AvgIpc) is 2.59. The molecule has 4 nitrogen and oxygen atoms in total. The number of hydrogen-bond donors (Lipinski definition) is 2. The fraction of sp³-hybridized carbons (Fsp3) is 0.278. The number of rotatable bonds is 6. The van der Waals surface area contributed by atoms with E-state index >= 15 is 0 Å². The third-order valence-corrected chi connectivity index (χ3v) is 3.38. The van der Waals surface area contributed by atoms with Crippen molar-refractivity contribution in [1.82, 2.24) is 10.6 Å². The third kappa shape index (κ3) is 4.94. The number of nitrogens with zero attached hydrogens (tertiary/aromatic N) is 1. The van der Waals surface area contributed by atoms with Crippen LogP contribution in [0.2, 0.25) is 0 Å². The fourth-order valence-corrected chi connectivity index (χ4v) is 2.15. The van der Waals surface area contributed by atoms with Crippen molar-refractivity contribution in [3.05, 3.63) is 65.2 Å². The zero-order valence-corrected chi connectivity index (χ0v) is 13.8. The summed E-state index contributed by atoms with van der Waals surface area (Å²) < 4.78 is 32.6. The molecule has 6 heteroatoms. The van der Waals surface area contributed by atoms with Gasteiger partial charge in [0.25, 0.3) is 0 Å². The molecule has 0 radical (unpaired) electrons. The Bertz CT molecular complexity index is 704. The maximum atomic E-state index is 13.8. The number of ether oxygens (including phenoxy) is 1. The van der Waals surface area contributed by atoms with Crippen LogP contribution in [0.5, 0.6) is 5.75 Å². The summed E-state index contributed by atoms with van der Waals surface area (Å²) >= 11 is 0. The van der Waals surface area contributed by atoms with Crippen LogP contribution in [0.3, 0.4) is 0 Å². The topological polar surface area (TPSA) is 45.6 Å². The Morgan fingerprint density at radius 3 is 2.46 bits per heavy atom. The zero-order chi connectivity index (χ0) is 17.4. The van der Waals surface area contributed by atoms with Gasteiger partial charge in [0, 0.05) is 25.7 Å². The minimum Gasteiger partial charge on any atom is -0.491 e. The maximum Gasteiger partial charge on any atom is 0.191 e. The van der Waals surface area contributed by atoms with Crippen LogP contribution in [0, 0.1) is 11.6 Å². The SMILES string of the molecule is CCOc1ccc(CNC(=NC)NCc2ccccc2F)cc1F. The van der Waals surface area contributed by atoms with Crippen LogP contribution in [-0.4, -0.2) is 19.6 Å². The van der Waals surface area contributed by atoms with Gasteiger partial charge in [-0.05, 0) is 30.7 Å². The molecule has 0 aliphatic heterocycles. The lowest BCUT2D eigenvalue weighted by Crippen LogP contribution is -2.36. The van der Waals surface area contributed by atoms with Gasteiger partial charge in [-0.15, -0.1) is 0 Å². The van der Waals surface area contributed by atoms with Gasteiger partial charge in [-0.2, -0.15) is 0 Å². The molecule has 0 aromatic heterocycles. The van der Waals surface area contributed by atoms with E-state index in [4.69, 9.17) is 4.74 Å². The second-order valence-electron chi connectivity index (χ2n) is 5.07. The maximum absolute atomic E-state index is 13.8. The Kier molecular flexibility index (Phi) is 6.54. The average molecular weight is 333 g/mol. The van der Waals surface area contributed by atoms with Gasteiger partial charge >= 0.3 is 0 Å². The van der Waals surface area contributed by atoms with Crippen LogP contribution in [0.1, 0.15) is 18.1 Å². The van der Waals surface area contributed by atoms with Gasteiger partial charge in [0.05, 0.1) is 6.61 Å². The van der Waals surface area contributed by atoms with Crippen molar-refractivity contribution >= 4 is 5.96 Å². The molecule has 0 amide bonds. The van der Waals surface area contributed by atoms with E-state index in [1.807, 2.05) is 0 Å². The third-order valence-electron chi connectivity index (χ3n) is 3.38. The highest BCUT2D eigenvalue weighted by atomic mass is 19.1. The molecule has 2 aromatic rings. The second-order valence-corrected chi connectivity index (χ2v) is 5.07. The predicted molar refractivity (Wildman–Crippen MR) is 91.0 cm³/mol. The van der Waals surface area contributed by atoms with E-state index in [-0.39, 0.29) is 11.6 Å². The van der Waals surface area contributed by atoms with E-state index in [0.717, 1.165) is 5.56 Å². The first-order valence-corrected chi connectivity index (χ1v) is 7.73. The van der Waals surface area contributed by atoms with Crippen molar-refractivity contribution in [2.24, 2.45) is 4.99 Å². The van der Waals surface area contributed by atoms with E-state index in [1.54, 1.807) is 44.3 Å². The number of benzene rings is 2. The number of aliphatic imine (C=N–C) groups is 1. The second kappa shape index (κ2) is 8.86. The molecule has 0 fully saturated rings. The predicted octanol–water partition coefficient (Wildman–Crippen LogP) is 3.23. The van der Waals surface area contributed by atoms with Gasteiger partial charge < -0.3 is 15.4 Å². The molecule has 0 heterocycles. The summed E-state index contributed by atoms with van der Waals surface area (Å²) in [5.41, 5.74) is 1.30. The highest BCUT2D eigenvalue weighted by Gasteiger charge is 2.06. The minimum absolute atomic E-state index is 0.239. The molecule has 24 heavy (non-hydrogen) atoms. The summed E-state index contributed by atoms with van der Waals surface area (Å²) in [5, 5.41) is 6.09. The van der Waals surface area contributed by atoms with E-state index in [9.17, 15) is 8.78 Å². The Hall–Kier alpha value is -2.63. The highest BCUT2D eigenvalue weighted by molar-refractivity contribution is 5.79. The quantitative estimate of drug-likeness (QED) is 0.630. The van der Waals surface area contributed by atoms with Crippen LogP contribution in [-0.2, 0) is 13.1 Å². The van der Waals surface area contributed by atoms with E-state index in [1.165, 1.54) is 12.1 Å². The molecule has 0 aliphatic rings. The van der Waals surface area contributed by atoms with E-state index < -0.39 is 5.82 Å². The monoisotopic (exact) mass is 333 g/mol. The van der Waals surface area contributed by atoms with Gasteiger partial charge in [0.2, 0.25) is 0 Å². The lowest BCUT2D eigenvalue weighted by atomic mass is 10.2. The van der Waals surface area contributed by atoms with Gasteiger partial charge in [-0.3, -0.25) is 4.99 Å². The van der Waals surface area contributed by atoms with Gasteiger partial charge in [-0.25, -0.2) is 8.78 Å². The van der Waals surface area contributed by atoms with Gasteiger partial charge in [-0.1, -0.05) is 24.3 Å². The van der Waals surface area contributed by atoms with Crippen LogP contribution in [0.25, 0.3) is 0 Å². The summed E-state index contributed by atoms with van der Waals surface area (Å²) in [4.78, 5) is 4.07. The fourth-order valence-electron chi connectivity index (χ4n) is 2.15. The molecule has 128 valence electrons. The molecule has 2 rings (SSSR count). The number of hydrogen-bond acceptors (Lipinski definition) is 2. The molecule has 0 unspecified atom stereocenters. The smallest absolute Gasteiger partial charge is 0.191 e. The standard InChI is InChI=1S/C18H21F2N3O/c1-3-24-17-9-8-13(10-16(17)20)11-22-18(21-2)23-12-14-6-4-5-7-15(14)19/h4-10H,3,11-12H2,1-2H3,(H2,21,22,23). The molecule has 0 aliphatic carbocycles. The molecule has 0 saturated carbocycles. The highest BCUT2D eigenvalue weighted by Crippen LogP contribution is 2.18. The Morgan fingerprint density at radius 2 is 1.79 bits per heavy atom. The van der Waals surface area contributed by atoms with Gasteiger partial charge in [0.15, 0.2) is 17.5 Å². The molecule has 0 spiro atoms. The van der Waals surface area contributed by atoms with Gasteiger partial charge in [0.1, 0.15) is 5.82 Å². The molecule has 0 bridgehead atoms. The summed E-state index contributed by atoms with van der Waals surface area (Å²) in [5.74, 6) is 0.0790. The first-order valence-electron chi connectivity index (χ1n) is 7.73. The largest absolute Gasteiger partial charge is 0.491 e. The van der Waals surface area contributed by atoms with Crippen LogP contribution >= 0.6 is 0 Å². The molecule has 2 N–H and O–H groups in total. The minimum atomic E-state index is -0.398. The molecule has 0 saturated heterocycles. The summed E-state index contributed by atoms with van der Waals surface area (Å²) in [6.45, 7) is 2.92. The Balaban J connectivity index is 1.90. The van der Waals surface area contributed by atoms with Crippen molar-refractivity contribution < 1.29 is 13.5 Å². The van der Waals surface area contributed by atoms with Crippen LogP contribution in [0.4, 0.5) is 8.78 Å². The lowest BCUT2D eigenvalue weighted by molar-refractivity contribution is 0.321. The zero-order valence-electron chi connectivity index (χ0n) is 13.8. The van der Waals surface area contributed by atoms with Crippen molar-refractivity contribution in [2.75, 3.05) is 13.7 Å². The molecule has 2 aromatic carbocycles. The summed E-state index contributed by atoms with van der Waals surface area (Å²) in [7, 11) is 1.62. The summed E-state index contributed by atoms with van der Waals surface area (Å²) in [6.07, 6.45) is 0. The number of halogens is 2. The van der Waals surface area contributed by atoms with E-state index in [2.05, 4.69) is 15.6 Å². The van der Waals surface area contributed by atoms with Crippen molar-refractivity contribution in [3.63, 3.8) is 0 Å². The van der Waals surface area contributed by atoms with Crippen molar-refractivity contribution in [1.29, 1.82) is 0 Å². The number of guanidine groups is 1. The van der Waals surface area contributed by atoms with Crippen LogP contribution < -0.4 is 15.4 Å². The van der Waals surface area contributed by atoms with Crippen molar-refractivity contribution in [2.45, 2.75) is 20.0 Å². The van der Waals surface area contributed by atoms with E-state index in [0.29, 0.717) is 31.2 Å². The first-order chi connectivity index (χ1) is 11.6. The Morgan fingerprint density at radius 1 is 1.04 bits per heavy atom. The van der Waals surface area contributed by atoms with Crippen molar-refractivity contribution in [3.8, 4) is 5.75 Å². The lowest BCUT2D eigenvalue weighted by Gasteiger charge is -2.13. The Labute approximate surface area is 140 Å². The van der Waals surface area contributed by atoms with Crippen LogP contribution in [0.15, 0.2) is 47.5 Å². The molecule has 0 atom stereocenters. The first kappa shape index (κ1) is 17.7. The summed E-state index contributed by atoms with van der Waals surface area (Å²) in [6, 6.07) is 11.3. The molecular formula is C18H21F2N3O. The normalized spacial score (nSPS) is 11.2. The molecular weight excluding hydrogens is 312 g/mol.